The van der Waals surface area contributed by atoms with Crippen molar-refractivity contribution in [1.82, 2.24) is 5.32 Å². The van der Waals surface area contributed by atoms with Crippen LogP contribution < -0.4 is 10.6 Å². The predicted molar refractivity (Wildman–Crippen MR) is 81.1 cm³/mol. The molecule has 6 nitrogen and oxygen atoms in total. The van der Waals surface area contributed by atoms with E-state index in [0.29, 0.717) is 17.7 Å². The third-order valence-electron chi connectivity index (χ3n) is 3.15. The van der Waals surface area contributed by atoms with Crippen LogP contribution >= 0.6 is 0 Å². The van der Waals surface area contributed by atoms with Crippen molar-refractivity contribution in [1.29, 1.82) is 0 Å². The summed E-state index contributed by atoms with van der Waals surface area (Å²) in [4.78, 5) is 23.4. The lowest BCUT2D eigenvalue weighted by molar-refractivity contribution is -0.136. The number of amides is 2. The molecule has 3 N–H and O–H groups in total. The van der Waals surface area contributed by atoms with E-state index in [2.05, 4.69) is 10.6 Å². The maximum atomic E-state index is 11.7. The van der Waals surface area contributed by atoms with Gasteiger partial charge in [0.1, 0.15) is 0 Å². The highest BCUT2D eigenvalue weighted by molar-refractivity contribution is 6.39. The third kappa shape index (κ3) is 4.46. The lowest BCUT2D eigenvalue weighted by atomic mass is 10.1. The van der Waals surface area contributed by atoms with Gasteiger partial charge in [-0.05, 0) is 31.5 Å². The topological polar surface area (TPSA) is 91.6 Å². The first kappa shape index (κ1) is 15.8. The van der Waals surface area contributed by atoms with Crippen LogP contribution in [0.15, 0.2) is 47.3 Å². The van der Waals surface area contributed by atoms with E-state index in [-0.39, 0.29) is 6.54 Å². The third-order valence-corrected chi connectivity index (χ3v) is 3.15. The van der Waals surface area contributed by atoms with Crippen LogP contribution in [0.4, 0.5) is 5.69 Å². The number of aliphatic hydroxyl groups excluding tert-OH is 1. The van der Waals surface area contributed by atoms with Gasteiger partial charge in [0.05, 0.1) is 18.6 Å². The van der Waals surface area contributed by atoms with Gasteiger partial charge in [0, 0.05) is 17.8 Å². The maximum absolute atomic E-state index is 11.7. The van der Waals surface area contributed by atoms with Gasteiger partial charge in [0.2, 0.25) is 0 Å². The Bertz CT molecular complexity index is 620. The van der Waals surface area contributed by atoms with Crippen LogP contribution in [0.5, 0.6) is 0 Å². The molecule has 1 aromatic carbocycles. The van der Waals surface area contributed by atoms with Crippen molar-refractivity contribution >= 4 is 17.5 Å². The molecular weight excluding hydrogens is 284 g/mol. The monoisotopic (exact) mass is 302 g/mol. The molecule has 22 heavy (non-hydrogen) atoms. The second-order valence-electron chi connectivity index (χ2n) is 4.94. The van der Waals surface area contributed by atoms with Gasteiger partial charge in [-0.25, -0.2) is 0 Å². The Kier molecular flexibility index (Phi) is 5.32. The standard InChI is InChI=1S/C16H18N2O4/c1-11-2-4-13(5-3-11)18-16(21)15(20)17-8-6-14(19)12-7-9-22-10-12/h2-5,7,9-10,14,19H,6,8H2,1H3,(H,17,20)(H,18,21). The number of nitrogens with one attached hydrogen (secondary N) is 2. The van der Waals surface area contributed by atoms with Crippen molar-refractivity contribution in [3.8, 4) is 0 Å². The average Bonchev–Trinajstić information content (AvgIpc) is 3.03. The Morgan fingerprint density at radius 3 is 2.55 bits per heavy atom. The molecule has 1 aromatic heterocycles. The number of rotatable bonds is 5. The summed E-state index contributed by atoms with van der Waals surface area (Å²) in [6.07, 6.45) is 2.46. The summed E-state index contributed by atoms with van der Waals surface area (Å²) >= 11 is 0. The Hall–Kier alpha value is -2.60. The van der Waals surface area contributed by atoms with Gasteiger partial charge in [-0.15, -0.1) is 0 Å². The number of hydrogen-bond donors (Lipinski definition) is 3. The summed E-state index contributed by atoms with van der Waals surface area (Å²) < 4.78 is 4.86. The minimum Gasteiger partial charge on any atom is -0.472 e. The van der Waals surface area contributed by atoms with E-state index in [1.807, 2.05) is 19.1 Å². The van der Waals surface area contributed by atoms with Crippen LogP contribution in [-0.2, 0) is 9.59 Å². The van der Waals surface area contributed by atoms with E-state index in [1.165, 1.54) is 12.5 Å². The zero-order valence-electron chi connectivity index (χ0n) is 12.2. The SMILES string of the molecule is Cc1ccc(NC(=O)C(=O)NCCC(O)c2ccoc2)cc1. The summed E-state index contributed by atoms with van der Waals surface area (Å²) in [7, 11) is 0. The Morgan fingerprint density at radius 2 is 1.91 bits per heavy atom. The fourth-order valence-corrected chi connectivity index (χ4v) is 1.86. The van der Waals surface area contributed by atoms with Crippen molar-refractivity contribution < 1.29 is 19.1 Å². The first-order valence-corrected chi connectivity index (χ1v) is 6.92. The lowest BCUT2D eigenvalue weighted by Gasteiger charge is -2.09. The van der Waals surface area contributed by atoms with Crippen LogP contribution in [-0.4, -0.2) is 23.5 Å². The average molecular weight is 302 g/mol. The number of carbonyl (C=O) groups excluding carboxylic acids is 2. The Balaban J connectivity index is 1.74. The van der Waals surface area contributed by atoms with Crippen molar-refractivity contribution in [2.75, 3.05) is 11.9 Å². The van der Waals surface area contributed by atoms with Gasteiger partial charge in [-0.2, -0.15) is 0 Å². The Morgan fingerprint density at radius 1 is 1.18 bits per heavy atom. The van der Waals surface area contributed by atoms with Gasteiger partial charge < -0.3 is 20.2 Å². The summed E-state index contributed by atoms with van der Waals surface area (Å²) in [5, 5.41) is 14.8. The minimum absolute atomic E-state index is 0.187. The number of anilines is 1. The largest absolute Gasteiger partial charge is 0.472 e. The highest BCUT2D eigenvalue weighted by atomic mass is 16.3. The maximum Gasteiger partial charge on any atom is 0.313 e. The van der Waals surface area contributed by atoms with E-state index in [0.717, 1.165) is 5.56 Å². The molecule has 0 radical (unpaired) electrons. The van der Waals surface area contributed by atoms with Gasteiger partial charge in [0.25, 0.3) is 0 Å². The molecule has 0 saturated heterocycles. The van der Waals surface area contributed by atoms with Crippen LogP contribution in [0.25, 0.3) is 0 Å². The van der Waals surface area contributed by atoms with Crippen molar-refractivity contribution in [3.63, 3.8) is 0 Å². The molecule has 0 aliphatic rings. The molecule has 0 saturated carbocycles. The fraction of sp³-hybridized carbons (Fsp3) is 0.250. The molecule has 6 heteroatoms. The van der Waals surface area contributed by atoms with Crippen molar-refractivity contribution in [3.05, 3.63) is 54.0 Å². The van der Waals surface area contributed by atoms with E-state index in [1.54, 1.807) is 18.2 Å². The Labute approximate surface area is 128 Å². The number of benzene rings is 1. The molecule has 0 aliphatic heterocycles. The normalized spacial score (nSPS) is 11.7. The summed E-state index contributed by atoms with van der Waals surface area (Å²) in [5.74, 6) is -1.47. The highest BCUT2D eigenvalue weighted by Gasteiger charge is 2.14. The summed E-state index contributed by atoms with van der Waals surface area (Å²) in [6, 6.07) is 8.78. The quantitative estimate of drug-likeness (QED) is 0.734. The second-order valence-corrected chi connectivity index (χ2v) is 4.94. The molecule has 2 amide bonds. The molecule has 0 fully saturated rings. The van der Waals surface area contributed by atoms with Gasteiger partial charge in [-0.1, -0.05) is 17.7 Å². The number of carbonyl (C=O) groups is 2. The van der Waals surface area contributed by atoms with Crippen molar-refractivity contribution in [2.45, 2.75) is 19.4 Å². The molecule has 116 valence electrons. The predicted octanol–water partition coefficient (Wildman–Crippen LogP) is 1.77. The smallest absolute Gasteiger partial charge is 0.313 e. The summed E-state index contributed by atoms with van der Waals surface area (Å²) in [5.41, 5.74) is 2.26. The molecule has 1 unspecified atom stereocenters. The molecule has 2 aromatic rings. The molecule has 1 heterocycles. The van der Waals surface area contributed by atoms with Gasteiger partial charge in [-0.3, -0.25) is 9.59 Å². The molecule has 2 rings (SSSR count). The van der Waals surface area contributed by atoms with Crippen LogP contribution in [0.2, 0.25) is 0 Å². The van der Waals surface area contributed by atoms with E-state index in [9.17, 15) is 14.7 Å². The van der Waals surface area contributed by atoms with Crippen LogP contribution in [0.3, 0.4) is 0 Å². The molecule has 0 aliphatic carbocycles. The van der Waals surface area contributed by atoms with Crippen LogP contribution in [0.1, 0.15) is 23.7 Å². The molecule has 0 bridgehead atoms. The lowest BCUT2D eigenvalue weighted by Crippen LogP contribution is -2.36. The number of aryl methyl sites for hydroxylation is 1. The first-order chi connectivity index (χ1) is 10.6. The fourth-order valence-electron chi connectivity index (χ4n) is 1.86. The zero-order chi connectivity index (χ0) is 15.9. The molecular formula is C16H18N2O4. The van der Waals surface area contributed by atoms with E-state index in [4.69, 9.17) is 4.42 Å². The minimum atomic E-state index is -0.737. The second kappa shape index (κ2) is 7.42. The van der Waals surface area contributed by atoms with Crippen molar-refractivity contribution in [2.24, 2.45) is 0 Å². The number of hydrogen-bond acceptors (Lipinski definition) is 4. The molecule has 1 atom stereocenters. The first-order valence-electron chi connectivity index (χ1n) is 6.92. The summed E-state index contributed by atoms with van der Waals surface area (Å²) in [6.45, 7) is 2.12. The van der Waals surface area contributed by atoms with E-state index < -0.39 is 17.9 Å². The highest BCUT2D eigenvalue weighted by Crippen LogP contribution is 2.15. The number of aliphatic hydroxyl groups is 1. The van der Waals surface area contributed by atoms with Crippen LogP contribution in [0, 0.1) is 6.92 Å². The van der Waals surface area contributed by atoms with Gasteiger partial charge in [0.15, 0.2) is 0 Å². The number of furan rings is 1. The van der Waals surface area contributed by atoms with E-state index >= 15 is 0 Å². The molecule has 0 spiro atoms. The zero-order valence-corrected chi connectivity index (χ0v) is 12.2. The van der Waals surface area contributed by atoms with Gasteiger partial charge >= 0.3 is 11.8 Å².